The molecule has 0 aliphatic carbocycles. The lowest BCUT2D eigenvalue weighted by molar-refractivity contribution is -0.132. The zero-order chi connectivity index (χ0) is 17.9. The van der Waals surface area contributed by atoms with Gasteiger partial charge in [0.05, 0.1) is 12.3 Å². The van der Waals surface area contributed by atoms with Gasteiger partial charge >= 0.3 is 5.97 Å². The topological polar surface area (TPSA) is 137 Å². The lowest BCUT2D eigenvalue weighted by Crippen LogP contribution is -2.07. The number of nitrogens with zero attached hydrogens (tertiary/aromatic N) is 3. The molecule has 0 radical (unpaired) electrons. The van der Waals surface area contributed by atoms with Gasteiger partial charge < -0.3 is 20.9 Å². The van der Waals surface area contributed by atoms with E-state index in [4.69, 9.17) is 20.9 Å². The normalized spacial score (nSPS) is 10.1. The standard InChI is InChI=1S/C15H14BrN5O3/c1-3-23-11-4-8(10(16)5-12(11)24-7(2)22)13-9(6-17)14(18)21-15(19)20-13/h4-5H,3H2,1-2H3,(H4,18,19,20,21). The van der Waals surface area contributed by atoms with Crippen molar-refractivity contribution in [2.75, 3.05) is 18.1 Å². The Morgan fingerprint density at radius 2 is 2.04 bits per heavy atom. The number of rotatable bonds is 4. The van der Waals surface area contributed by atoms with Crippen LogP contribution in [0.4, 0.5) is 11.8 Å². The van der Waals surface area contributed by atoms with E-state index in [-0.39, 0.29) is 28.8 Å². The fourth-order valence-electron chi connectivity index (χ4n) is 2.02. The van der Waals surface area contributed by atoms with E-state index in [0.717, 1.165) is 0 Å². The minimum Gasteiger partial charge on any atom is -0.490 e. The minimum atomic E-state index is -0.483. The van der Waals surface area contributed by atoms with Gasteiger partial charge in [-0.1, -0.05) is 0 Å². The lowest BCUT2D eigenvalue weighted by Gasteiger charge is -2.14. The summed E-state index contributed by atoms with van der Waals surface area (Å²) in [6.45, 7) is 3.44. The Bertz CT molecular complexity index is 848. The summed E-state index contributed by atoms with van der Waals surface area (Å²) in [6.07, 6.45) is 0. The zero-order valence-electron chi connectivity index (χ0n) is 13.0. The molecule has 24 heavy (non-hydrogen) atoms. The van der Waals surface area contributed by atoms with Crippen molar-refractivity contribution in [2.24, 2.45) is 0 Å². The molecule has 0 saturated heterocycles. The maximum absolute atomic E-state index is 11.2. The van der Waals surface area contributed by atoms with Gasteiger partial charge in [-0.3, -0.25) is 4.79 Å². The van der Waals surface area contributed by atoms with Crippen LogP contribution in [-0.2, 0) is 4.79 Å². The third kappa shape index (κ3) is 3.55. The molecule has 0 atom stereocenters. The monoisotopic (exact) mass is 391 g/mol. The van der Waals surface area contributed by atoms with E-state index in [1.54, 1.807) is 19.1 Å². The molecule has 2 aromatic rings. The third-order valence-corrected chi connectivity index (χ3v) is 3.56. The Labute approximate surface area is 146 Å². The van der Waals surface area contributed by atoms with Crippen molar-refractivity contribution in [3.05, 3.63) is 22.2 Å². The summed E-state index contributed by atoms with van der Waals surface area (Å²) in [6, 6.07) is 5.11. The van der Waals surface area contributed by atoms with Gasteiger partial charge in [-0.05, 0) is 35.0 Å². The SMILES string of the molecule is CCOc1cc(-c2nc(N)nc(N)c2C#N)c(Br)cc1OC(C)=O. The number of hydrogen-bond donors (Lipinski definition) is 2. The van der Waals surface area contributed by atoms with Gasteiger partial charge in [0.25, 0.3) is 0 Å². The van der Waals surface area contributed by atoms with E-state index in [2.05, 4.69) is 25.9 Å². The van der Waals surface area contributed by atoms with Crippen molar-refractivity contribution in [1.82, 2.24) is 9.97 Å². The second-order valence-corrected chi connectivity index (χ2v) is 5.46. The smallest absolute Gasteiger partial charge is 0.308 e. The van der Waals surface area contributed by atoms with E-state index in [9.17, 15) is 10.1 Å². The maximum Gasteiger partial charge on any atom is 0.308 e. The summed E-state index contributed by atoms with van der Waals surface area (Å²) >= 11 is 3.37. The summed E-state index contributed by atoms with van der Waals surface area (Å²) in [5, 5.41) is 9.32. The van der Waals surface area contributed by atoms with Crippen molar-refractivity contribution >= 4 is 33.7 Å². The molecular weight excluding hydrogens is 378 g/mol. The molecule has 0 unspecified atom stereocenters. The first-order chi connectivity index (χ1) is 11.4. The highest BCUT2D eigenvalue weighted by Gasteiger charge is 2.19. The molecule has 124 valence electrons. The Morgan fingerprint density at radius 3 is 2.62 bits per heavy atom. The fraction of sp³-hybridized carbons (Fsp3) is 0.200. The van der Waals surface area contributed by atoms with Gasteiger partial charge in [0.1, 0.15) is 17.5 Å². The number of carbonyl (C=O) groups is 1. The lowest BCUT2D eigenvalue weighted by atomic mass is 10.1. The summed E-state index contributed by atoms with van der Waals surface area (Å²) in [4.78, 5) is 19.1. The maximum atomic E-state index is 11.2. The first-order valence-corrected chi connectivity index (χ1v) is 7.64. The van der Waals surface area contributed by atoms with E-state index in [0.29, 0.717) is 22.4 Å². The first kappa shape index (κ1) is 17.5. The summed E-state index contributed by atoms with van der Waals surface area (Å²) in [5.41, 5.74) is 12.2. The van der Waals surface area contributed by atoms with Crippen molar-refractivity contribution in [3.8, 4) is 28.8 Å². The molecule has 0 bridgehead atoms. The Balaban J connectivity index is 2.70. The number of esters is 1. The molecule has 0 aliphatic heterocycles. The van der Waals surface area contributed by atoms with Gasteiger partial charge in [0.15, 0.2) is 11.5 Å². The van der Waals surface area contributed by atoms with E-state index < -0.39 is 5.97 Å². The number of carbonyl (C=O) groups excluding carboxylic acids is 1. The number of aromatic nitrogens is 2. The number of hydrogen-bond acceptors (Lipinski definition) is 8. The predicted molar refractivity (Wildman–Crippen MR) is 91.2 cm³/mol. The molecule has 9 heteroatoms. The quantitative estimate of drug-likeness (QED) is 0.597. The van der Waals surface area contributed by atoms with Crippen LogP contribution in [0.1, 0.15) is 19.4 Å². The Kier molecular flexibility index (Phi) is 5.21. The first-order valence-electron chi connectivity index (χ1n) is 6.85. The van der Waals surface area contributed by atoms with Crippen molar-refractivity contribution in [1.29, 1.82) is 5.26 Å². The summed E-state index contributed by atoms with van der Waals surface area (Å²) in [5.74, 6) is 0.00668. The second kappa shape index (κ2) is 7.14. The molecule has 2 rings (SSSR count). The van der Waals surface area contributed by atoms with Crippen LogP contribution in [0, 0.1) is 11.3 Å². The highest BCUT2D eigenvalue weighted by molar-refractivity contribution is 9.10. The summed E-state index contributed by atoms with van der Waals surface area (Å²) < 4.78 is 11.2. The van der Waals surface area contributed by atoms with Crippen molar-refractivity contribution in [2.45, 2.75) is 13.8 Å². The molecule has 0 aliphatic rings. The molecule has 8 nitrogen and oxygen atoms in total. The van der Waals surface area contributed by atoms with E-state index in [1.165, 1.54) is 6.92 Å². The molecule has 0 saturated carbocycles. The molecule has 0 spiro atoms. The van der Waals surface area contributed by atoms with Crippen LogP contribution >= 0.6 is 15.9 Å². The highest BCUT2D eigenvalue weighted by Crippen LogP contribution is 2.40. The number of halogens is 1. The van der Waals surface area contributed by atoms with Crippen LogP contribution in [-0.4, -0.2) is 22.5 Å². The minimum absolute atomic E-state index is 0.0195. The number of ether oxygens (including phenoxy) is 2. The highest BCUT2D eigenvalue weighted by atomic mass is 79.9. The van der Waals surface area contributed by atoms with Crippen LogP contribution in [0.3, 0.4) is 0 Å². The third-order valence-electron chi connectivity index (χ3n) is 2.91. The molecule has 0 amide bonds. The Hall–Kier alpha value is -2.86. The number of nitriles is 1. The average molecular weight is 392 g/mol. The van der Waals surface area contributed by atoms with Gasteiger partial charge in [0, 0.05) is 17.0 Å². The van der Waals surface area contributed by atoms with E-state index in [1.807, 2.05) is 6.07 Å². The molecular formula is C15H14BrN5O3. The van der Waals surface area contributed by atoms with Gasteiger partial charge in [-0.15, -0.1) is 0 Å². The molecule has 1 heterocycles. The fourth-order valence-corrected chi connectivity index (χ4v) is 2.53. The van der Waals surface area contributed by atoms with E-state index >= 15 is 0 Å². The zero-order valence-corrected chi connectivity index (χ0v) is 14.5. The van der Waals surface area contributed by atoms with Crippen molar-refractivity contribution in [3.63, 3.8) is 0 Å². The van der Waals surface area contributed by atoms with Crippen LogP contribution < -0.4 is 20.9 Å². The van der Waals surface area contributed by atoms with Gasteiger partial charge in [-0.2, -0.15) is 10.2 Å². The second-order valence-electron chi connectivity index (χ2n) is 4.61. The van der Waals surface area contributed by atoms with Crippen molar-refractivity contribution < 1.29 is 14.3 Å². The number of benzene rings is 1. The largest absolute Gasteiger partial charge is 0.490 e. The number of nitrogen functional groups attached to an aromatic ring is 2. The van der Waals surface area contributed by atoms with Crippen LogP contribution in [0.2, 0.25) is 0 Å². The molecule has 1 aromatic carbocycles. The number of nitrogens with two attached hydrogens (primary N) is 2. The molecule has 4 N–H and O–H groups in total. The Morgan fingerprint density at radius 1 is 1.33 bits per heavy atom. The molecule has 1 aromatic heterocycles. The summed E-state index contributed by atoms with van der Waals surface area (Å²) in [7, 11) is 0. The number of anilines is 2. The predicted octanol–water partition coefficient (Wildman–Crippen LogP) is 2.27. The van der Waals surface area contributed by atoms with Crippen LogP contribution in [0.5, 0.6) is 11.5 Å². The molecule has 0 fully saturated rings. The van der Waals surface area contributed by atoms with Crippen LogP contribution in [0.25, 0.3) is 11.3 Å². The van der Waals surface area contributed by atoms with Crippen LogP contribution in [0.15, 0.2) is 16.6 Å². The van der Waals surface area contributed by atoms with Gasteiger partial charge in [-0.25, -0.2) is 4.98 Å². The van der Waals surface area contributed by atoms with Gasteiger partial charge in [0.2, 0.25) is 5.95 Å². The average Bonchev–Trinajstić information content (AvgIpc) is 2.48.